The number of primary amides is 1. The predicted octanol–water partition coefficient (Wildman–Crippen LogP) is 1.65. The molecule has 20 heavy (non-hydrogen) atoms. The van der Waals surface area contributed by atoms with Crippen molar-refractivity contribution in [1.82, 2.24) is 4.90 Å². The van der Waals surface area contributed by atoms with Gasteiger partial charge in [-0.3, -0.25) is 9.69 Å². The molecule has 2 aliphatic heterocycles. The standard InChI is InChI=1S/C15H20N2O3/c16-15(18)8-12-3-1-2-6-17(12)9-11-4-5-13-14(7-11)20-10-19-13/h4-5,7,12H,1-3,6,8-10H2,(H2,16,18). The van der Waals surface area contributed by atoms with E-state index in [1.165, 1.54) is 18.4 Å². The number of benzene rings is 1. The van der Waals surface area contributed by atoms with E-state index in [2.05, 4.69) is 11.0 Å². The zero-order valence-electron chi connectivity index (χ0n) is 11.5. The Bertz CT molecular complexity index is 504. The molecule has 2 N–H and O–H groups in total. The van der Waals surface area contributed by atoms with Gasteiger partial charge in [-0.25, -0.2) is 0 Å². The molecule has 0 aliphatic carbocycles. The highest BCUT2D eigenvalue weighted by atomic mass is 16.7. The molecule has 1 fully saturated rings. The molecule has 1 aromatic carbocycles. The number of nitrogens with two attached hydrogens (primary N) is 1. The highest BCUT2D eigenvalue weighted by Gasteiger charge is 2.24. The Labute approximate surface area is 118 Å². The average molecular weight is 276 g/mol. The fraction of sp³-hybridized carbons (Fsp3) is 0.533. The van der Waals surface area contributed by atoms with Crippen molar-refractivity contribution in [2.45, 2.75) is 38.3 Å². The lowest BCUT2D eigenvalue weighted by Gasteiger charge is -2.35. The first-order valence-electron chi connectivity index (χ1n) is 7.13. The van der Waals surface area contributed by atoms with Crippen LogP contribution in [0.4, 0.5) is 0 Å². The van der Waals surface area contributed by atoms with E-state index >= 15 is 0 Å². The highest BCUT2D eigenvalue weighted by Crippen LogP contribution is 2.33. The summed E-state index contributed by atoms with van der Waals surface area (Å²) in [5.74, 6) is 1.40. The van der Waals surface area contributed by atoms with Crippen molar-refractivity contribution in [1.29, 1.82) is 0 Å². The second-order valence-corrected chi connectivity index (χ2v) is 5.48. The van der Waals surface area contributed by atoms with Crippen molar-refractivity contribution in [3.63, 3.8) is 0 Å². The third-order valence-corrected chi connectivity index (χ3v) is 4.01. The van der Waals surface area contributed by atoms with Crippen LogP contribution in [0.15, 0.2) is 18.2 Å². The Morgan fingerprint density at radius 3 is 3.00 bits per heavy atom. The quantitative estimate of drug-likeness (QED) is 0.908. The first-order chi connectivity index (χ1) is 9.72. The molecule has 0 saturated carbocycles. The van der Waals surface area contributed by atoms with Crippen molar-refractivity contribution >= 4 is 5.91 Å². The molecule has 0 bridgehead atoms. The summed E-state index contributed by atoms with van der Waals surface area (Å²) in [5, 5.41) is 0. The third kappa shape index (κ3) is 2.88. The molecular weight excluding hydrogens is 256 g/mol. The number of rotatable bonds is 4. The molecule has 0 radical (unpaired) electrons. The summed E-state index contributed by atoms with van der Waals surface area (Å²) >= 11 is 0. The fourth-order valence-electron chi connectivity index (χ4n) is 3.01. The van der Waals surface area contributed by atoms with E-state index in [-0.39, 0.29) is 11.9 Å². The van der Waals surface area contributed by atoms with E-state index < -0.39 is 0 Å². The number of nitrogens with zero attached hydrogens (tertiary/aromatic N) is 1. The Morgan fingerprint density at radius 2 is 2.15 bits per heavy atom. The van der Waals surface area contributed by atoms with Crippen LogP contribution in [0.25, 0.3) is 0 Å². The van der Waals surface area contributed by atoms with Crippen molar-refractivity contribution < 1.29 is 14.3 Å². The zero-order chi connectivity index (χ0) is 13.9. The number of likely N-dealkylation sites (tertiary alicyclic amines) is 1. The van der Waals surface area contributed by atoms with Crippen LogP contribution < -0.4 is 15.2 Å². The molecule has 0 aromatic heterocycles. The van der Waals surface area contributed by atoms with Crippen molar-refractivity contribution in [2.75, 3.05) is 13.3 Å². The molecule has 1 amide bonds. The van der Waals surface area contributed by atoms with Crippen LogP contribution in [0.3, 0.4) is 0 Å². The van der Waals surface area contributed by atoms with Crippen LogP contribution in [-0.2, 0) is 11.3 Å². The van der Waals surface area contributed by atoms with Crippen molar-refractivity contribution in [2.24, 2.45) is 5.73 Å². The second kappa shape index (κ2) is 5.71. The van der Waals surface area contributed by atoms with Crippen LogP contribution in [-0.4, -0.2) is 30.2 Å². The summed E-state index contributed by atoms with van der Waals surface area (Å²) < 4.78 is 10.7. The molecule has 5 nitrogen and oxygen atoms in total. The maximum Gasteiger partial charge on any atom is 0.231 e. The van der Waals surface area contributed by atoms with Gasteiger partial charge in [0.1, 0.15) is 0 Å². The lowest BCUT2D eigenvalue weighted by atomic mass is 9.98. The summed E-state index contributed by atoms with van der Waals surface area (Å²) in [6.45, 7) is 2.15. The Balaban J connectivity index is 1.70. The van der Waals surface area contributed by atoms with E-state index in [0.717, 1.165) is 31.0 Å². The fourth-order valence-corrected chi connectivity index (χ4v) is 3.01. The maximum atomic E-state index is 11.2. The van der Waals surface area contributed by atoms with Crippen molar-refractivity contribution in [3.05, 3.63) is 23.8 Å². The topological polar surface area (TPSA) is 64.8 Å². The molecule has 0 spiro atoms. The minimum Gasteiger partial charge on any atom is -0.454 e. The SMILES string of the molecule is NC(=O)CC1CCCCN1Cc1ccc2c(c1)OCO2. The second-order valence-electron chi connectivity index (χ2n) is 5.48. The van der Waals surface area contributed by atoms with Gasteiger partial charge < -0.3 is 15.2 Å². The van der Waals surface area contributed by atoms with Gasteiger partial charge in [-0.15, -0.1) is 0 Å². The third-order valence-electron chi connectivity index (χ3n) is 4.01. The van der Waals surface area contributed by atoms with Crippen LogP contribution in [0.2, 0.25) is 0 Å². The van der Waals surface area contributed by atoms with Gasteiger partial charge in [0.25, 0.3) is 0 Å². The van der Waals surface area contributed by atoms with Gasteiger partial charge >= 0.3 is 0 Å². The number of ether oxygens (including phenoxy) is 2. The van der Waals surface area contributed by atoms with Crippen molar-refractivity contribution in [3.8, 4) is 11.5 Å². The van der Waals surface area contributed by atoms with Crippen LogP contribution in [0, 0.1) is 0 Å². The number of amides is 1. The summed E-state index contributed by atoms with van der Waals surface area (Å²) in [4.78, 5) is 13.5. The molecular formula is C15H20N2O3. The van der Waals surface area contributed by atoms with Gasteiger partial charge in [0, 0.05) is 19.0 Å². The first-order valence-corrected chi connectivity index (χ1v) is 7.13. The monoisotopic (exact) mass is 276 g/mol. The molecule has 1 saturated heterocycles. The Hall–Kier alpha value is -1.75. The summed E-state index contributed by atoms with van der Waals surface area (Å²) in [5.41, 5.74) is 6.54. The van der Waals surface area contributed by atoms with Crippen LogP contribution >= 0.6 is 0 Å². The van der Waals surface area contributed by atoms with Gasteiger partial charge in [-0.2, -0.15) is 0 Å². The number of hydrogen-bond donors (Lipinski definition) is 1. The van der Waals surface area contributed by atoms with E-state index in [1.807, 2.05) is 12.1 Å². The molecule has 5 heteroatoms. The zero-order valence-corrected chi connectivity index (χ0v) is 11.5. The molecule has 3 rings (SSSR count). The van der Waals surface area contributed by atoms with E-state index in [4.69, 9.17) is 15.2 Å². The lowest BCUT2D eigenvalue weighted by Crippen LogP contribution is -2.41. The number of carbonyl (C=O) groups excluding carboxylic acids is 1. The largest absolute Gasteiger partial charge is 0.454 e. The maximum absolute atomic E-state index is 11.2. The van der Waals surface area contributed by atoms with Gasteiger partial charge in [0.05, 0.1) is 0 Å². The summed E-state index contributed by atoms with van der Waals surface area (Å²) in [7, 11) is 0. The predicted molar refractivity (Wildman–Crippen MR) is 74.4 cm³/mol. The molecule has 1 unspecified atom stereocenters. The minimum absolute atomic E-state index is 0.215. The molecule has 1 aromatic rings. The van der Waals surface area contributed by atoms with Gasteiger partial charge in [0.2, 0.25) is 12.7 Å². The highest BCUT2D eigenvalue weighted by molar-refractivity contribution is 5.74. The number of hydrogen-bond acceptors (Lipinski definition) is 4. The number of piperidine rings is 1. The van der Waals surface area contributed by atoms with E-state index in [0.29, 0.717) is 13.2 Å². The summed E-state index contributed by atoms with van der Waals surface area (Å²) in [6, 6.07) is 6.30. The average Bonchev–Trinajstić information content (AvgIpc) is 2.88. The molecule has 2 heterocycles. The molecule has 1 atom stereocenters. The Kier molecular flexibility index (Phi) is 3.78. The minimum atomic E-state index is -0.215. The smallest absolute Gasteiger partial charge is 0.231 e. The lowest BCUT2D eigenvalue weighted by molar-refractivity contribution is -0.119. The van der Waals surface area contributed by atoms with Gasteiger partial charge in [-0.05, 0) is 37.1 Å². The number of carbonyl (C=O) groups is 1. The molecule has 108 valence electrons. The molecule has 2 aliphatic rings. The van der Waals surface area contributed by atoms with E-state index in [9.17, 15) is 4.79 Å². The van der Waals surface area contributed by atoms with Crippen LogP contribution in [0.1, 0.15) is 31.2 Å². The van der Waals surface area contributed by atoms with Gasteiger partial charge in [0.15, 0.2) is 11.5 Å². The first kappa shape index (κ1) is 13.2. The Morgan fingerprint density at radius 1 is 1.30 bits per heavy atom. The van der Waals surface area contributed by atoms with Crippen LogP contribution in [0.5, 0.6) is 11.5 Å². The van der Waals surface area contributed by atoms with Gasteiger partial charge in [-0.1, -0.05) is 12.5 Å². The summed E-state index contributed by atoms with van der Waals surface area (Å²) in [6.07, 6.45) is 3.85. The number of fused-ring (bicyclic) bond motifs is 1. The van der Waals surface area contributed by atoms with E-state index in [1.54, 1.807) is 0 Å². The normalized spacial score (nSPS) is 21.9.